The van der Waals surface area contributed by atoms with E-state index in [0.29, 0.717) is 27.8 Å². The molecule has 136 valence electrons. The Labute approximate surface area is 168 Å². The van der Waals surface area contributed by atoms with E-state index >= 15 is 0 Å². The molecule has 3 aromatic rings. The third kappa shape index (κ3) is 3.46. The van der Waals surface area contributed by atoms with Crippen molar-refractivity contribution in [2.45, 2.75) is 6.42 Å². The fourth-order valence-electron chi connectivity index (χ4n) is 3.07. The molecule has 1 aliphatic rings. The first-order chi connectivity index (χ1) is 13.0. The van der Waals surface area contributed by atoms with Gasteiger partial charge in [-0.25, -0.2) is 4.39 Å². The molecule has 1 N–H and O–H groups in total. The highest BCUT2D eigenvalue weighted by Crippen LogP contribution is 2.32. The molecular formula is C20H14FIN2O3. The van der Waals surface area contributed by atoms with Crippen LogP contribution >= 0.6 is 22.6 Å². The maximum Gasteiger partial charge on any atom is 0.261 e. The molecule has 0 spiro atoms. The lowest BCUT2D eigenvalue weighted by Gasteiger charge is -2.16. The number of carbonyl (C=O) groups is 2. The predicted molar refractivity (Wildman–Crippen MR) is 108 cm³/mol. The number of benzene rings is 2. The van der Waals surface area contributed by atoms with Crippen molar-refractivity contribution < 1.29 is 18.4 Å². The number of nitrogens with zero attached hydrogens (tertiary/aromatic N) is 1. The molecule has 0 radical (unpaired) electrons. The van der Waals surface area contributed by atoms with Crippen molar-refractivity contribution in [3.05, 3.63) is 81.1 Å². The van der Waals surface area contributed by atoms with Gasteiger partial charge in [-0.1, -0.05) is 0 Å². The van der Waals surface area contributed by atoms with Crippen LogP contribution in [0.3, 0.4) is 0 Å². The van der Waals surface area contributed by atoms with E-state index in [2.05, 4.69) is 5.32 Å². The van der Waals surface area contributed by atoms with Gasteiger partial charge in [-0.3, -0.25) is 9.59 Å². The van der Waals surface area contributed by atoms with Crippen LogP contribution in [-0.2, 0) is 6.42 Å². The van der Waals surface area contributed by atoms with Gasteiger partial charge in [0.05, 0.1) is 11.8 Å². The molecule has 1 aliphatic heterocycles. The normalized spacial score (nSPS) is 12.7. The highest BCUT2D eigenvalue weighted by Gasteiger charge is 2.26. The third-order valence-corrected chi connectivity index (χ3v) is 5.30. The number of anilines is 2. The van der Waals surface area contributed by atoms with E-state index in [1.807, 2.05) is 34.7 Å². The number of nitrogens with one attached hydrogen (secondary N) is 1. The van der Waals surface area contributed by atoms with Gasteiger partial charge in [0.1, 0.15) is 12.1 Å². The second kappa shape index (κ2) is 7.15. The van der Waals surface area contributed by atoms with Gasteiger partial charge >= 0.3 is 0 Å². The molecule has 2 aromatic carbocycles. The minimum Gasteiger partial charge on any atom is -0.472 e. The van der Waals surface area contributed by atoms with Crippen LogP contribution in [0.1, 0.15) is 26.3 Å². The molecule has 0 atom stereocenters. The lowest BCUT2D eigenvalue weighted by molar-refractivity contribution is 0.0987. The number of furan rings is 1. The zero-order valence-electron chi connectivity index (χ0n) is 14.0. The van der Waals surface area contributed by atoms with Gasteiger partial charge in [-0.05, 0) is 77.0 Å². The van der Waals surface area contributed by atoms with Crippen molar-refractivity contribution in [3.8, 4) is 0 Å². The van der Waals surface area contributed by atoms with Crippen molar-refractivity contribution in [3.63, 3.8) is 0 Å². The average Bonchev–Trinajstić information content (AvgIpc) is 3.33. The van der Waals surface area contributed by atoms with E-state index in [9.17, 15) is 14.0 Å². The summed E-state index contributed by atoms with van der Waals surface area (Å²) in [6.45, 7) is 0.569. The molecule has 0 aliphatic carbocycles. The van der Waals surface area contributed by atoms with Crippen molar-refractivity contribution >= 4 is 45.8 Å². The van der Waals surface area contributed by atoms with E-state index in [4.69, 9.17) is 4.42 Å². The Morgan fingerprint density at radius 3 is 2.70 bits per heavy atom. The summed E-state index contributed by atoms with van der Waals surface area (Å²) in [7, 11) is 0. The minimum atomic E-state index is -0.425. The van der Waals surface area contributed by atoms with Gasteiger partial charge < -0.3 is 14.6 Å². The van der Waals surface area contributed by atoms with Crippen LogP contribution < -0.4 is 10.2 Å². The molecule has 0 saturated heterocycles. The second-order valence-electron chi connectivity index (χ2n) is 6.15. The fraction of sp³-hybridized carbons (Fsp3) is 0.100. The Kier molecular flexibility index (Phi) is 4.69. The quantitative estimate of drug-likeness (QED) is 0.568. The molecule has 27 heavy (non-hydrogen) atoms. The smallest absolute Gasteiger partial charge is 0.261 e. The maximum absolute atomic E-state index is 13.7. The summed E-state index contributed by atoms with van der Waals surface area (Å²) in [6.07, 6.45) is 3.59. The van der Waals surface area contributed by atoms with E-state index in [1.165, 1.54) is 18.6 Å². The first-order valence-corrected chi connectivity index (χ1v) is 9.34. The summed E-state index contributed by atoms with van der Waals surface area (Å²) in [5.41, 5.74) is 3.15. The van der Waals surface area contributed by atoms with Gasteiger partial charge in [0.15, 0.2) is 0 Å². The number of hydrogen-bond donors (Lipinski definition) is 1. The second-order valence-corrected chi connectivity index (χ2v) is 7.31. The summed E-state index contributed by atoms with van der Waals surface area (Å²) in [5, 5.41) is 2.78. The Bertz CT molecular complexity index is 1030. The lowest BCUT2D eigenvalue weighted by Crippen LogP contribution is -2.28. The monoisotopic (exact) mass is 476 g/mol. The van der Waals surface area contributed by atoms with Gasteiger partial charge in [0.25, 0.3) is 11.8 Å². The van der Waals surface area contributed by atoms with Crippen molar-refractivity contribution in [2.75, 3.05) is 16.8 Å². The molecule has 0 fully saturated rings. The number of carbonyl (C=O) groups excluding carboxylic acids is 2. The van der Waals surface area contributed by atoms with Crippen LogP contribution in [-0.4, -0.2) is 18.4 Å². The fourth-order valence-corrected chi connectivity index (χ4v) is 3.41. The highest BCUT2D eigenvalue weighted by atomic mass is 127. The van der Waals surface area contributed by atoms with Crippen LogP contribution in [0.5, 0.6) is 0 Å². The SMILES string of the molecule is O=C(Nc1ccc2c(c1)CCN2C(=O)c1ccoc1)c1ccc(I)c(F)c1. The number of fused-ring (bicyclic) bond motifs is 1. The first-order valence-electron chi connectivity index (χ1n) is 8.26. The molecule has 1 aromatic heterocycles. The third-order valence-electron chi connectivity index (χ3n) is 4.43. The standard InChI is InChI=1S/C20H14FIN2O3/c21-16-10-13(1-3-17(16)22)19(25)23-15-2-4-18-12(9-15)5-7-24(18)20(26)14-6-8-27-11-14/h1-4,6,8-11H,5,7H2,(H,23,25). The molecule has 0 unspecified atom stereocenters. The highest BCUT2D eigenvalue weighted by molar-refractivity contribution is 14.1. The summed E-state index contributed by atoms with van der Waals surface area (Å²) in [6, 6.07) is 11.4. The zero-order chi connectivity index (χ0) is 19.0. The predicted octanol–water partition coefficient (Wildman–Crippen LogP) is 4.48. The van der Waals surface area contributed by atoms with Gasteiger partial charge in [-0.2, -0.15) is 0 Å². The summed E-state index contributed by atoms with van der Waals surface area (Å²) >= 11 is 1.87. The Morgan fingerprint density at radius 2 is 1.96 bits per heavy atom. The van der Waals surface area contributed by atoms with Crippen molar-refractivity contribution in [1.82, 2.24) is 0 Å². The zero-order valence-corrected chi connectivity index (χ0v) is 16.2. The number of halogens is 2. The molecule has 0 bridgehead atoms. The largest absolute Gasteiger partial charge is 0.472 e. The summed E-state index contributed by atoms with van der Waals surface area (Å²) < 4.78 is 19.1. The Balaban J connectivity index is 1.53. The lowest BCUT2D eigenvalue weighted by atomic mass is 10.1. The molecule has 7 heteroatoms. The molecule has 2 heterocycles. The van der Waals surface area contributed by atoms with Crippen LogP contribution in [0.15, 0.2) is 59.4 Å². The Morgan fingerprint density at radius 1 is 1.11 bits per heavy atom. The number of rotatable bonds is 3. The maximum atomic E-state index is 13.7. The summed E-state index contributed by atoms with van der Waals surface area (Å²) in [4.78, 5) is 26.6. The molecule has 5 nitrogen and oxygen atoms in total. The molecule has 4 rings (SSSR count). The molecular weight excluding hydrogens is 462 g/mol. The van der Waals surface area contributed by atoms with E-state index < -0.39 is 5.82 Å². The minimum absolute atomic E-state index is 0.117. The number of hydrogen-bond acceptors (Lipinski definition) is 3. The molecule has 0 saturated carbocycles. The van der Waals surface area contributed by atoms with Crippen LogP contribution in [0.2, 0.25) is 0 Å². The first kappa shape index (κ1) is 17.7. The average molecular weight is 476 g/mol. The summed E-state index contributed by atoms with van der Waals surface area (Å²) in [5.74, 6) is -0.922. The van der Waals surface area contributed by atoms with Crippen LogP contribution in [0.25, 0.3) is 0 Å². The Hall–Kier alpha value is -2.68. The van der Waals surface area contributed by atoms with Crippen molar-refractivity contribution in [2.24, 2.45) is 0 Å². The topological polar surface area (TPSA) is 62.6 Å². The van der Waals surface area contributed by atoms with Gasteiger partial charge in [0.2, 0.25) is 0 Å². The van der Waals surface area contributed by atoms with E-state index in [0.717, 1.165) is 11.3 Å². The van der Waals surface area contributed by atoms with Crippen LogP contribution in [0, 0.1) is 9.39 Å². The number of amides is 2. The van der Waals surface area contributed by atoms with Crippen molar-refractivity contribution in [1.29, 1.82) is 0 Å². The van der Waals surface area contributed by atoms with Gasteiger partial charge in [0, 0.05) is 27.1 Å². The van der Waals surface area contributed by atoms with Crippen LogP contribution in [0.4, 0.5) is 15.8 Å². The van der Waals surface area contributed by atoms with E-state index in [-0.39, 0.29) is 17.4 Å². The molecule has 2 amide bonds. The van der Waals surface area contributed by atoms with Gasteiger partial charge in [-0.15, -0.1) is 0 Å². The van der Waals surface area contributed by atoms with E-state index in [1.54, 1.807) is 29.2 Å².